The number of unbranched alkanes of at least 4 members (excludes halogenated alkanes) is 1. The van der Waals surface area contributed by atoms with Crippen molar-refractivity contribution in [3.63, 3.8) is 0 Å². The molecule has 8 heteroatoms. The van der Waals surface area contributed by atoms with Crippen molar-refractivity contribution in [2.45, 2.75) is 44.7 Å². The average Bonchev–Trinajstić information content (AvgIpc) is 3.20. The highest BCUT2D eigenvalue weighted by molar-refractivity contribution is 6.01. The van der Waals surface area contributed by atoms with Crippen LogP contribution in [-0.2, 0) is 22.6 Å². The van der Waals surface area contributed by atoms with Crippen LogP contribution >= 0.6 is 0 Å². The second kappa shape index (κ2) is 13.8. The van der Waals surface area contributed by atoms with Crippen LogP contribution in [0.4, 0.5) is 4.39 Å². The normalized spacial score (nSPS) is 12.5. The predicted molar refractivity (Wildman–Crippen MR) is 131 cm³/mol. The minimum atomic E-state index is -0.793. The van der Waals surface area contributed by atoms with Crippen LogP contribution in [0.1, 0.15) is 63.1 Å². The SMILES string of the molecule is CN.CNC(=O)C(CCC=O)N1Cc2cc(C#CCCCc3ccc(C=O)cc3)c(F)cc2C1=O. The molecular formula is C27H30FN3O4. The number of carbonyl (C=O) groups is 4. The highest BCUT2D eigenvalue weighted by atomic mass is 19.1. The molecule has 3 rings (SSSR count). The molecule has 1 aliphatic heterocycles. The summed E-state index contributed by atoms with van der Waals surface area (Å²) in [4.78, 5) is 47.9. The minimum absolute atomic E-state index is 0.143. The first-order valence-corrected chi connectivity index (χ1v) is 11.4. The Morgan fingerprint density at radius 2 is 1.94 bits per heavy atom. The van der Waals surface area contributed by atoms with Gasteiger partial charge in [-0.05, 0) is 49.6 Å². The lowest BCUT2D eigenvalue weighted by atomic mass is 10.0. The maximum absolute atomic E-state index is 14.6. The molecule has 184 valence electrons. The molecule has 1 atom stereocenters. The molecular weight excluding hydrogens is 449 g/mol. The maximum Gasteiger partial charge on any atom is 0.255 e. The number of nitrogens with two attached hydrogens (primary N) is 1. The highest BCUT2D eigenvalue weighted by Gasteiger charge is 2.36. The van der Waals surface area contributed by atoms with Gasteiger partial charge in [0, 0.05) is 37.6 Å². The van der Waals surface area contributed by atoms with E-state index >= 15 is 0 Å². The number of fused-ring (bicyclic) bond motifs is 1. The van der Waals surface area contributed by atoms with Crippen molar-refractivity contribution >= 4 is 24.4 Å². The fourth-order valence-corrected chi connectivity index (χ4v) is 3.83. The summed E-state index contributed by atoms with van der Waals surface area (Å²) in [5.74, 6) is 4.46. The van der Waals surface area contributed by atoms with Crippen molar-refractivity contribution in [1.29, 1.82) is 0 Å². The molecule has 1 heterocycles. The third-order valence-electron chi connectivity index (χ3n) is 5.61. The zero-order valence-corrected chi connectivity index (χ0v) is 20.0. The number of hydrogen-bond acceptors (Lipinski definition) is 5. The summed E-state index contributed by atoms with van der Waals surface area (Å²) in [6.07, 6.45) is 4.01. The molecule has 0 bridgehead atoms. The van der Waals surface area contributed by atoms with Gasteiger partial charge >= 0.3 is 0 Å². The van der Waals surface area contributed by atoms with Gasteiger partial charge in [0.2, 0.25) is 5.91 Å². The summed E-state index contributed by atoms with van der Waals surface area (Å²) in [6, 6.07) is 9.30. The Bertz CT molecular complexity index is 1120. The predicted octanol–water partition coefficient (Wildman–Crippen LogP) is 2.64. The maximum atomic E-state index is 14.6. The second-order valence-corrected chi connectivity index (χ2v) is 7.81. The molecule has 1 aliphatic rings. The van der Waals surface area contributed by atoms with Crippen LogP contribution in [0.25, 0.3) is 0 Å². The van der Waals surface area contributed by atoms with Gasteiger partial charge in [-0.3, -0.25) is 14.4 Å². The summed E-state index contributed by atoms with van der Waals surface area (Å²) in [6.45, 7) is 0.164. The van der Waals surface area contributed by atoms with Crippen LogP contribution < -0.4 is 11.1 Å². The van der Waals surface area contributed by atoms with E-state index in [2.05, 4.69) is 22.9 Å². The van der Waals surface area contributed by atoms with Crippen molar-refractivity contribution < 1.29 is 23.6 Å². The van der Waals surface area contributed by atoms with Crippen molar-refractivity contribution in [2.24, 2.45) is 5.73 Å². The van der Waals surface area contributed by atoms with Gasteiger partial charge < -0.3 is 20.7 Å². The molecule has 0 aromatic heterocycles. The average molecular weight is 480 g/mol. The summed E-state index contributed by atoms with van der Waals surface area (Å²) >= 11 is 0. The van der Waals surface area contributed by atoms with E-state index in [9.17, 15) is 23.6 Å². The molecule has 0 aliphatic carbocycles. The Kier molecular flexibility index (Phi) is 10.8. The number of amides is 2. The molecule has 0 fully saturated rings. The van der Waals surface area contributed by atoms with E-state index in [0.717, 1.165) is 24.7 Å². The van der Waals surface area contributed by atoms with Gasteiger partial charge in [-0.25, -0.2) is 4.39 Å². The largest absolute Gasteiger partial charge is 0.357 e. The van der Waals surface area contributed by atoms with Crippen molar-refractivity contribution in [1.82, 2.24) is 10.2 Å². The number of benzene rings is 2. The molecule has 7 nitrogen and oxygen atoms in total. The minimum Gasteiger partial charge on any atom is -0.357 e. The number of halogens is 1. The molecule has 0 spiro atoms. The molecule has 35 heavy (non-hydrogen) atoms. The lowest BCUT2D eigenvalue weighted by Gasteiger charge is -2.25. The van der Waals surface area contributed by atoms with Crippen molar-refractivity contribution in [2.75, 3.05) is 14.1 Å². The molecule has 1 unspecified atom stereocenters. The van der Waals surface area contributed by atoms with E-state index in [1.807, 2.05) is 12.1 Å². The fraction of sp³-hybridized carbons (Fsp3) is 0.333. The second-order valence-electron chi connectivity index (χ2n) is 7.81. The third-order valence-corrected chi connectivity index (χ3v) is 5.61. The number of nitrogens with zero attached hydrogens (tertiary/aromatic N) is 1. The number of hydrogen-bond donors (Lipinski definition) is 2. The summed E-state index contributed by atoms with van der Waals surface area (Å²) in [5.41, 5.74) is 7.28. The van der Waals surface area contributed by atoms with Crippen LogP contribution in [0.2, 0.25) is 0 Å². The van der Waals surface area contributed by atoms with E-state index in [0.29, 0.717) is 23.8 Å². The number of rotatable bonds is 9. The molecule has 2 amide bonds. The molecule has 3 N–H and O–H groups in total. The Balaban J connectivity index is 0.00000210. The van der Waals surface area contributed by atoms with Crippen LogP contribution in [0.15, 0.2) is 36.4 Å². The van der Waals surface area contributed by atoms with E-state index in [4.69, 9.17) is 0 Å². The smallest absolute Gasteiger partial charge is 0.255 e. The van der Waals surface area contributed by atoms with Gasteiger partial charge in [-0.2, -0.15) is 0 Å². The standard InChI is InChI=1S/C26H25FN2O4.CH5N/c1-28-25(32)24(8-5-13-30)29-16-21-14-20(23(27)15-22(21)26(29)33)7-4-2-3-6-18-9-11-19(17-31)12-10-18;1-2/h9-15,17,24H,2-3,5-6,8,16H2,1H3,(H,28,32);2H2,1H3. The fourth-order valence-electron chi connectivity index (χ4n) is 3.83. The van der Waals surface area contributed by atoms with Gasteiger partial charge in [0.05, 0.1) is 5.56 Å². The first-order valence-electron chi connectivity index (χ1n) is 11.4. The number of aldehydes is 2. The first-order chi connectivity index (χ1) is 17.0. The van der Waals surface area contributed by atoms with Crippen molar-refractivity contribution in [3.8, 4) is 11.8 Å². The zero-order chi connectivity index (χ0) is 25.8. The van der Waals surface area contributed by atoms with Gasteiger partial charge in [-0.15, -0.1) is 0 Å². The van der Waals surface area contributed by atoms with Gasteiger partial charge in [0.1, 0.15) is 24.4 Å². The van der Waals surface area contributed by atoms with Crippen LogP contribution in [0.5, 0.6) is 0 Å². The number of likely N-dealkylation sites (N-methyl/N-ethyl adjacent to an activating group) is 1. The Hall–Kier alpha value is -3.83. The molecule has 2 aromatic carbocycles. The molecule has 0 saturated heterocycles. The zero-order valence-electron chi connectivity index (χ0n) is 20.0. The summed E-state index contributed by atoms with van der Waals surface area (Å²) < 4.78 is 14.6. The topological polar surface area (TPSA) is 110 Å². The highest BCUT2D eigenvalue weighted by Crippen LogP contribution is 2.28. The van der Waals surface area contributed by atoms with Crippen LogP contribution in [-0.4, -0.2) is 49.4 Å². The molecule has 0 radical (unpaired) electrons. The molecule has 2 aromatic rings. The monoisotopic (exact) mass is 479 g/mol. The van der Waals surface area contributed by atoms with Gasteiger partial charge in [-0.1, -0.05) is 36.1 Å². The lowest BCUT2D eigenvalue weighted by molar-refractivity contribution is -0.125. The number of carbonyl (C=O) groups excluding carboxylic acids is 4. The van der Waals surface area contributed by atoms with Crippen LogP contribution in [0.3, 0.4) is 0 Å². The number of nitrogens with one attached hydrogen (secondary N) is 1. The number of aryl methyl sites for hydroxylation is 1. The van der Waals surface area contributed by atoms with Gasteiger partial charge in [0.15, 0.2) is 0 Å². The van der Waals surface area contributed by atoms with Gasteiger partial charge in [0.25, 0.3) is 5.91 Å². The Morgan fingerprint density at radius 1 is 1.23 bits per heavy atom. The Morgan fingerprint density at radius 3 is 2.57 bits per heavy atom. The van der Waals surface area contributed by atoms with Crippen LogP contribution in [0, 0.1) is 17.7 Å². The van der Waals surface area contributed by atoms with Crippen molar-refractivity contribution in [3.05, 3.63) is 70.0 Å². The van der Waals surface area contributed by atoms with E-state index in [1.165, 1.54) is 25.1 Å². The van der Waals surface area contributed by atoms with E-state index in [-0.39, 0.29) is 36.4 Å². The van der Waals surface area contributed by atoms with E-state index < -0.39 is 17.8 Å². The first kappa shape index (κ1) is 27.4. The Labute approximate surface area is 204 Å². The quantitative estimate of drug-likeness (QED) is 0.326. The third kappa shape index (κ3) is 7.08. The lowest BCUT2D eigenvalue weighted by Crippen LogP contribution is -2.46. The summed E-state index contributed by atoms with van der Waals surface area (Å²) in [7, 11) is 2.97. The molecule has 0 saturated carbocycles. The van der Waals surface area contributed by atoms with E-state index in [1.54, 1.807) is 18.2 Å². The summed E-state index contributed by atoms with van der Waals surface area (Å²) in [5, 5.41) is 2.52.